The average molecular weight is 598 g/mol. The first-order chi connectivity index (χ1) is 20.7. The Morgan fingerprint density at radius 1 is 1.07 bits per heavy atom. The van der Waals surface area contributed by atoms with E-state index in [1.54, 1.807) is 12.5 Å². The lowest BCUT2D eigenvalue weighted by Gasteiger charge is -2.35. The number of anilines is 3. The second-order valence-electron chi connectivity index (χ2n) is 11.1. The van der Waals surface area contributed by atoms with E-state index in [0.29, 0.717) is 44.6 Å². The molecule has 0 spiro atoms. The number of aromatic nitrogens is 5. The van der Waals surface area contributed by atoms with Crippen molar-refractivity contribution >= 4 is 35.6 Å². The number of piperazine rings is 1. The molecule has 5 heterocycles. The Balaban J connectivity index is 1.10. The van der Waals surface area contributed by atoms with Crippen LogP contribution in [0.15, 0.2) is 30.7 Å². The smallest absolute Gasteiger partial charge is 0.378 e. The molecule has 2 unspecified atom stereocenters. The molecule has 2 N–H and O–H groups in total. The highest BCUT2D eigenvalue weighted by Gasteiger charge is 2.34. The van der Waals surface area contributed by atoms with Crippen LogP contribution in [0.3, 0.4) is 0 Å². The standard InChI is InChI=1S/C29H34F3N9O2/c1-19-12-23-24(14-21(19)22-15-26(35-18-34-22)40-8-10-43-11-9-40)37-28(36-23)38-25-13-20(2-3-33-25)17-39-4-6-41(7-5-39)27(42)16-29(30,31)32/h2-3,12-15,18-19,21H,4-11,16-17H2,1H3,(H2,33,36,37,38). The van der Waals surface area contributed by atoms with E-state index in [1.807, 2.05) is 12.1 Å². The molecular weight excluding hydrogens is 563 g/mol. The maximum Gasteiger partial charge on any atom is 0.397 e. The van der Waals surface area contributed by atoms with Crippen molar-refractivity contribution in [1.82, 2.24) is 34.7 Å². The molecule has 2 fully saturated rings. The molecule has 3 aliphatic rings. The molecular formula is C29H34F3N9O2. The van der Waals surface area contributed by atoms with Crippen molar-refractivity contribution in [2.24, 2.45) is 5.92 Å². The molecule has 3 aromatic heterocycles. The highest BCUT2D eigenvalue weighted by Crippen LogP contribution is 2.29. The number of nitrogens with one attached hydrogen (secondary N) is 2. The summed E-state index contributed by atoms with van der Waals surface area (Å²) in [5.41, 5.74) is 1.95. The Hall–Kier alpha value is -4.04. The zero-order chi connectivity index (χ0) is 30.0. The second-order valence-corrected chi connectivity index (χ2v) is 11.1. The number of nitrogens with zero attached hydrogens (tertiary/aromatic N) is 7. The summed E-state index contributed by atoms with van der Waals surface area (Å²) < 4.78 is 43.2. The van der Waals surface area contributed by atoms with Crippen molar-refractivity contribution in [3.05, 3.63) is 52.7 Å². The van der Waals surface area contributed by atoms with Crippen LogP contribution >= 0.6 is 0 Å². The lowest BCUT2D eigenvalue weighted by molar-refractivity contribution is -0.162. The van der Waals surface area contributed by atoms with E-state index >= 15 is 0 Å². The summed E-state index contributed by atoms with van der Waals surface area (Å²) >= 11 is 0. The lowest BCUT2D eigenvalue weighted by Crippen LogP contribution is -2.49. The zero-order valence-electron chi connectivity index (χ0n) is 23.8. The van der Waals surface area contributed by atoms with Crippen LogP contribution in [0, 0.1) is 5.92 Å². The van der Waals surface area contributed by atoms with E-state index < -0.39 is 18.5 Å². The number of amides is 1. The fourth-order valence-corrected chi connectivity index (χ4v) is 5.72. The van der Waals surface area contributed by atoms with Gasteiger partial charge in [-0.1, -0.05) is 13.0 Å². The minimum absolute atomic E-state index is 0.0641. The van der Waals surface area contributed by atoms with Crippen LogP contribution in [-0.4, -0.2) is 99.3 Å². The summed E-state index contributed by atoms with van der Waals surface area (Å²) in [5.74, 6) is 1.49. The Kier molecular flexibility index (Phi) is 8.30. The number of imidazole rings is 1. The van der Waals surface area contributed by atoms with Crippen molar-refractivity contribution in [1.29, 1.82) is 0 Å². The Morgan fingerprint density at radius 2 is 1.86 bits per heavy atom. The van der Waals surface area contributed by atoms with Crippen molar-refractivity contribution in [3.8, 4) is 0 Å². The van der Waals surface area contributed by atoms with Gasteiger partial charge in [-0.15, -0.1) is 0 Å². The highest BCUT2D eigenvalue weighted by molar-refractivity contribution is 5.77. The van der Waals surface area contributed by atoms with Gasteiger partial charge in [-0.2, -0.15) is 13.2 Å². The molecule has 0 aromatic carbocycles. The molecule has 2 aliphatic heterocycles. The number of carbonyl (C=O) groups excluding carboxylic acids is 1. The lowest BCUT2D eigenvalue weighted by atomic mass is 9.87. The topological polar surface area (TPSA) is 115 Å². The summed E-state index contributed by atoms with van der Waals surface area (Å²) in [5, 5.41) is 5.04. The van der Waals surface area contributed by atoms with Crippen LogP contribution in [0.5, 0.6) is 0 Å². The third kappa shape index (κ3) is 7.13. The molecule has 1 amide bonds. The normalized spacial score (nSPS) is 21.1. The number of hydrogen-bond acceptors (Lipinski definition) is 9. The number of aromatic amines is 1. The largest absolute Gasteiger partial charge is 0.397 e. The zero-order valence-corrected chi connectivity index (χ0v) is 23.8. The van der Waals surface area contributed by atoms with Gasteiger partial charge in [0.15, 0.2) is 0 Å². The van der Waals surface area contributed by atoms with Crippen LogP contribution in [-0.2, 0) is 16.1 Å². The number of morpholine rings is 1. The molecule has 3 aromatic rings. The Bertz CT molecular complexity index is 1560. The van der Waals surface area contributed by atoms with Crippen LogP contribution in [0.25, 0.3) is 12.2 Å². The molecule has 228 valence electrons. The van der Waals surface area contributed by atoms with Gasteiger partial charge >= 0.3 is 6.18 Å². The molecule has 43 heavy (non-hydrogen) atoms. The molecule has 14 heteroatoms. The van der Waals surface area contributed by atoms with Gasteiger partial charge < -0.3 is 24.8 Å². The third-order valence-corrected chi connectivity index (χ3v) is 8.00. The molecule has 6 rings (SSSR count). The van der Waals surface area contributed by atoms with Crippen molar-refractivity contribution in [2.75, 3.05) is 62.7 Å². The summed E-state index contributed by atoms with van der Waals surface area (Å²) in [6.07, 6.45) is 1.74. The Morgan fingerprint density at radius 3 is 2.63 bits per heavy atom. The maximum atomic E-state index is 12.6. The SMILES string of the molecule is CC1C=c2nc(Nc3cc(CN4CCN(C(=O)CC(F)(F)F)CC4)ccn3)[nH]c2=CC1c1cc(N2CCOCC2)ncn1. The van der Waals surface area contributed by atoms with Crippen molar-refractivity contribution in [2.45, 2.75) is 32.0 Å². The molecule has 1 aliphatic carbocycles. The molecule has 0 radical (unpaired) electrons. The summed E-state index contributed by atoms with van der Waals surface area (Å²) in [6, 6.07) is 5.89. The Labute approximate surface area is 246 Å². The molecule has 11 nitrogen and oxygen atoms in total. The molecule has 0 bridgehead atoms. The monoisotopic (exact) mass is 597 g/mol. The van der Waals surface area contributed by atoms with Crippen LogP contribution < -0.4 is 20.9 Å². The number of hydrogen-bond donors (Lipinski definition) is 2. The van der Waals surface area contributed by atoms with E-state index in [9.17, 15) is 18.0 Å². The fraction of sp³-hybridized carbons (Fsp3) is 0.483. The van der Waals surface area contributed by atoms with Gasteiger partial charge in [-0.3, -0.25) is 9.69 Å². The molecule has 2 atom stereocenters. The number of carbonyl (C=O) groups is 1. The fourth-order valence-electron chi connectivity index (χ4n) is 5.72. The van der Waals surface area contributed by atoms with Crippen molar-refractivity contribution < 1.29 is 22.7 Å². The minimum atomic E-state index is -4.48. The number of rotatable bonds is 7. The van der Waals surface area contributed by atoms with E-state index in [2.05, 4.69) is 60.2 Å². The minimum Gasteiger partial charge on any atom is -0.378 e. The maximum absolute atomic E-state index is 12.6. The molecule has 2 saturated heterocycles. The van der Waals surface area contributed by atoms with Crippen molar-refractivity contribution in [3.63, 3.8) is 0 Å². The summed E-state index contributed by atoms with van der Waals surface area (Å²) in [4.78, 5) is 39.1. The van der Waals surface area contributed by atoms with Gasteiger partial charge in [-0.25, -0.2) is 19.9 Å². The number of halogens is 3. The quantitative estimate of drug-likeness (QED) is 0.421. The number of pyridine rings is 1. The van der Waals surface area contributed by atoms with Gasteiger partial charge in [0.2, 0.25) is 11.9 Å². The highest BCUT2D eigenvalue weighted by atomic mass is 19.4. The van der Waals surface area contributed by atoms with Gasteiger partial charge in [0.25, 0.3) is 0 Å². The van der Waals surface area contributed by atoms with Crippen LogP contribution in [0.2, 0.25) is 0 Å². The number of fused-ring (bicyclic) bond motifs is 1. The van der Waals surface area contributed by atoms with Crippen LogP contribution in [0.1, 0.15) is 30.5 Å². The van der Waals surface area contributed by atoms with Crippen LogP contribution in [0.4, 0.5) is 30.8 Å². The van der Waals surface area contributed by atoms with Gasteiger partial charge in [-0.05, 0) is 29.7 Å². The predicted molar refractivity (Wildman–Crippen MR) is 154 cm³/mol. The average Bonchev–Trinajstić information content (AvgIpc) is 3.37. The first kappa shape index (κ1) is 29.1. The summed E-state index contributed by atoms with van der Waals surface area (Å²) in [6.45, 7) is 7.32. The predicted octanol–water partition coefficient (Wildman–Crippen LogP) is 1.77. The number of ether oxygens (including phenoxy) is 1. The third-order valence-electron chi connectivity index (χ3n) is 8.00. The number of H-pyrrole nitrogens is 1. The first-order valence-electron chi connectivity index (χ1n) is 14.4. The van der Waals surface area contributed by atoms with Gasteiger partial charge in [0, 0.05) is 64.0 Å². The van der Waals surface area contributed by atoms with Gasteiger partial charge in [0.1, 0.15) is 24.4 Å². The first-order valence-corrected chi connectivity index (χ1v) is 14.4. The van der Waals surface area contributed by atoms with E-state index in [4.69, 9.17) is 9.72 Å². The van der Waals surface area contributed by atoms with E-state index in [1.165, 1.54) is 4.90 Å². The van der Waals surface area contributed by atoms with Gasteiger partial charge in [0.05, 0.1) is 29.6 Å². The van der Waals surface area contributed by atoms with E-state index in [0.717, 1.165) is 40.9 Å². The second kappa shape index (κ2) is 12.3. The number of alkyl halides is 3. The van der Waals surface area contributed by atoms with E-state index in [-0.39, 0.29) is 24.9 Å². The summed E-state index contributed by atoms with van der Waals surface area (Å²) in [7, 11) is 0. The molecule has 0 saturated carbocycles.